The molecule has 122 valence electrons. The number of fused-ring (bicyclic) bond motifs is 1. The number of hydrogen-bond acceptors (Lipinski definition) is 4. The Balaban J connectivity index is 1.52. The molecule has 4 nitrogen and oxygen atoms in total. The highest BCUT2D eigenvalue weighted by Gasteiger charge is 2.98. The van der Waals surface area contributed by atoms with E-state index in [-0.39, 0.29) is 29.6 Å². The van der Waals surface area contributed by atoms with Crippen LogP contribution in [0, 0.1) is 58.2 Å². The van der Waals surface area contributed by atoms with Gasteiger partial charge in [-0.1, -0.05) is 18.2 Å². The van der Waals surface area contributed by atoms with Gasteiger partial charge in [-0.05, 0) is 37.0 Å². The van der Waals surface area contributed by atoms with Crippen molar-refractivity contribution in [3.63, 3.8) is 0 Å². The molecule has 5 saturated carbocycles. The van der Waals surface area contributed by atoms with Crippen molar-refractivity contribution in [3.8, 4) is 0 Å². The second-order valence-electron chi connectivity index (χ2n) is 8.86. The average Bonchev–Trinajstić information content (AvgIpc) is 3.11. The Morgan fingerprint density at radius 3 is 2.50 bits per heavy atom. The van der Waals surface area contributed by atoms with Gasteiger partial charge < -0.3 is 4.74 Å². The monoisotopic (exact) mass is 322 g/mol. The Morgan fingerprint density at radius 1 is 1.12 bits per heavy atom. The van der Waals surface area contributed by atoms with E-state index in [2.05, 4.69) is 12.2 Å². The molecule has 8 unspecified atom stereocenters. The van der Waals surface area contributed by atoms with Crippen LogP contribution in [-0.2, 0) is 19.1 Å². The number of ether oxygens (including phenoxy) is 1. The predicted octanol–water partition coefficient (Wildman–Crippen LogP) is 1.56. The third-order valence-corrected chi connectivity index (χ3v) is 9.05. The number of ketones is 2. The molecule has 5 fully saturated rings. The van der Waals surface area contributed by atoms with Crippen molar-refractivity contribution in [2.75, 3.05) is 6.61 Å². The van der Waals surface area contributed by atoms with Crippen molar-refractivity contribution in [1.82, 2.24) is 0 Å². The van der Waals surface area contributed by atoms with Crippen molar-refractivity contribution in [2.45, 2.75) is 13.3 Å². The Morgan fingerprint density at radius 2 is 1.79 bits per heavy atom. The van der Waals surface area contributed by atoms with Gasteiger partial charge in [0.15, 0.2) is 0 Å². The number of Topliss-reactive ketones (excluding diaryl/α,β-unsaturated/α-hetero) is 2. The lowest BCUT2D eigenvalue weighted by Gasteiger charge is -2.70. The summed E-state index contributed by atoms with van der Waals surface area (Å²) in [5.41, 5.74) is -0.452. The van der Waals surface area contributed by atoms with E-state index in [4.69, 9.17) is 4.74 Å². The largest absolute Gasteiger partial charge is 0.463 e. The van der Waals surface area contributed by atoms with Gasteiger partial charge in [-0.15, -0.1) is 0 Å². The summed E-state index contributed by atoms with van der Waals surface area (Å²) in [6.45, 7) is 2.14. The fraction of sp³-hybridized carbons (Fsp3) is 0.650. The first-order valence-electron chi connectivity index (χ1n) is 9.27. The Hall–Kier alpha value is -1.71. The normalized spacial score (nSPS) is 61.5. The highest BCUT2D eigenvalue weighted by atomic mass is 16.5. The third kappa shape index (κ3) is 0.766. The fourth-order valence-electron chi connectivity index (χ4n) is 9.17. The van der Waals surface area contributed by atoms with Gasteiger partial charge in [-0.3, -0.25) is 9.59 Å². The van der Waals surface area contributed by atoms with E-state index in [0.717, 1.165) is 6.42 Å². The molecule has 4 bridgehead atoms. The van der Waals surface area contributed by atoms with Crippen LogP contribution in [0.5, 0.6) is 0 Å². The predicted molar refractivity (Wildman–Crippen MR) is 81.3 cm³/mol. The molecule has 0 aromatic heterocycles. The fourth-order valence-corrected chi connectivity index (χ4v) is 9.17. The molecule has 8 aliphatic carbocycles. The zero-order chi connectivity index (χ0) is 16.2. The summed E-state index contributed by atoms with van der Waals surface area (Å²) in [7, 11) is 0. The summed E-state index contributed by atoms with van der Waals surface area (Å²) in [5.74, 6) is 1.67. The maximum Gasteiger partial charge on any atom is 0.334 e. The molecule has 8 rings (SSSR count). The summed E-state index contributed by atoms with van der Waals surface area (Å²) in [5, 5.41) is 0. The van der Waals surface area contributed by atoms with E-state index < -0.39 is 10.8 Å². The Labute approximate surface area is 139 Å². The van der Waals surface area contributed by atoms with Crippen molar-refractivity contribution in [1.29, 1.82) is 0 Å². The van der Waals surface area contributed by atoms with Crippen LogP contribution >= 0.6 is 0 Å². The molecule has 0 N–H and O–H groups in total. The minimum Gasteiger partial charge on any atom is -0.463 e. The topological polar surface area (TPSA) is 60.4 Å². The molecule has 0 aliphatic heterocycles. The third-order valence-electron chi connectivity index (χ3n) is 9.05. The van der Waals surface area contributed by atoms with Crippen LogP contribution in [0.15, 0.2) is 23.8 Å². The minimum absolute atomic E-state index is 0.00608. The van der Waals surface area contributed by atoms with Crippen LogP contribution in [0.1, 0.15) is 13.3 Å². The van der Waals surface area contributed by atoms with Gasteiger partial charge >= 0.3 is 5.97 Å². The van der Waals surface area contributed by atoms with Crippen LogP contribution in [0.25, 0.3) is 0 Å². The van der Waals surface area contributed by atoms with Crippen molar-refractivity contribution >= 4 is 17.5 Å². The van der Waals surface area contributed by atoms with Crippen LogP contribution in [0.2, 0.25) is 0 Å². The Kier molecular flexibility index (Phi) is 1.69. The molecular formula is C20H18O4. The second-order valence-corrected chi connectivity index (χ2v) is 8.86. The molecule has 10 atom stereocenters. The number of carbonyl (C=O) groups excluding carboxylic acids is 3. The summed E-state index contributed by atoms with van der Waals surface area (Å²) in [4.78, 5) is 39.5. The summed E-state index contributed by atoms with van der Waals surface area (Å²) < 4.78 is 5.26. The molecule has 0 radical (unpaired) electrons. The lowest BCUT2D eigenvalue weighted by molar-refractivity contribution is -0.214. The summed E-state index contributed by atoms with van der Waals surface area (Å²) in [6.07, 6.45) is 7.20. The zero-order valence-corrected chi connectivity index (χ0v) is 13.4. The SMILES string of the molecule is CCOC(=O)C1=C[C@H]2C=C[C@@H]1C13C(=O)C4C5CC6C4C(=O)C21C6C53. The van der Waals surface area contributed by atoms with Gasteiger partial charge in [0.1, 0.15) is 11.6 Å². The van der Waals surface area contributed by atoms with Gasteiger partial charge in [-0.25, -0.2) is 4.79 Å². The summed E-state index contributed by atoms with van der Waals surface area (Å²) in [6, 6.07) is 0. The van der Waals surface area contributed by atoms with Crippen molar-refractivity contribution in [3.05, 3.63) is 23.8 Å². The van der Waals surface area contributed by atoms with Gasteiger partial charge in [0.2, 0.25) is 0 Å². The zero-order valence-electron chi connectivity index (χ0n) is 13.4. The Bertz CT molecular complexity index is 852. The van der Waals surface area contributed by atoms with E-state index in [1.807, 2.05) is 6.08 Å². The minimum atomic E-state index is -0.595. The first-order chi connectivity index (χ1) is 11.6. The summed E-state index contributed by atoms with van der Waals surface area (Å²) >= 11 is 0. The van der Waals surface area contributed by atoms with Crippen molar-refractivity contribution in [2.24, 2.45) is 58.2 Å². The molecule has 0 amide bonds. The maximum atomic E-state index is 13.5. The number of hydrogen-bond donors (Lipinski definition) is 0. The van der Waals surface area contributed by atoms with Gasteiger partial charge in [-0.2, -0.15) is 0 Å². The first-order valence-corrected chi connectivity index (χ1v) is 9.27. The molecular weight excluding hydrogens is 304 g/mol. The van der Waals surface area contributed by atoms with Crippen LogP contribution in [0.4, 0.5) is 0 Å². The molecule has 4 heteroatoms. The highest BCUT2D eigenvalue weighted by molar-refractivity contribution is 6.14. The molecule has 8 aliphatic rings. The molecule has 0 aromatic carbocycles. The smallest absolute Gasteiger partial charge is 0.334 e. The molecule has 2 spiro atoms. The standard InChI is InChI=1S/C20H18O4/c1-2-24-18(23)8-5-7-3-4-11(8)20-15-10-6-9-12(13(10)17(20)22)16(21)19(7,20)14(9)15/h3-5,7,9-15H,2,6H2,1H3/t7-,9?,10?,11+,12?,13?,14?,15?,19?,20?/m1/s1. The lowest BCUT2D eigenvalue weighted by atomic mass is 9.29. The van der Waals surface area contributed by atoms with Crippen molar-refractivity contribution < 1.29 is 19.1 Å². The van der Waals surface area contributed by atoms with E-state index in [1.165, 1.54) is 0 Å². The first kappa shape index (κ1) is 12.6. The lowest BCUT2D eigenvalue weighted by Crippen LogP contribution is -2.75. The van der Waals surface area contributed by atoms with Crippen LogP contribution in [-0.4, -0.2) is 24.1 Å². The molecule has 0 heterocycles. The molecule has 24 heavy (non-hydrogen) atoms. The molecule has 0 aromatic rings. The van der Waals surface area contributed by atoms with E-state index >= 15 is 0 Å². The van der Waals surface area contributed by atoms with Gasteiger partial charge in [0.05, 0.1) is 17.4 Å². The number of carbonyl (C=O) groups is 3. The van der Waals surface area contributed by atoms with E-state index in [0.29, 0.717) is 47.4 Å². The average molecular weight is 322 g/mol. The van der Waals surface area contributed by atoms with Gasteiger partial charge in [0.25, 0.3) is 0 Å². The van der Waals surface area contributed by atoms with E-state index in [9.17, 15) is 14.4 Å². The maximum absolute atomic E-state index is 13.5. The van der Waals surface area contributed by atoms with Gasteiger partial charge in [0, 0.05) is 29.2 Å². The number of esters is 1. The quantitative estimate of drug-likeness (QED) is 0.572. The number of rotatable bonds is 2. The van der Waals surface area contributed by atoms with Crippen LogP contribution in [0.3, 0.4) is 0 Å². The second kappa shape index (κ2) is 3.21. The molecule has 0 saturated heterocycles. The number of allylic oxidation sites excluding steroid dienone is 3. The highest BCUT2D eigenvalue weighted by Crippen LogP contribution is 2.94. The van der Waals surface area contributed by atoms with Crippen LogP contribution < -0.4 is 0 Å². The van der Waals surface area contributed by atoms with E-state index in [1.54, 1.807) is 6.92 Å².